The molecule has 0 saturated carbocycles. The van der Waals surface area contributed by atoms with Crippen LogP contribution < -0.4 is 10.6 Å². The van der Waals surface area contributed by atoms with E-state index >= 15 is 0 Å². The fourth-order valence-electron chi connectivity index (χ4n) is 2.80. The third-order valence-corrected chi connectivity index (χ3v) is 3.88. The number of hydrogen-bond donors (Lipinski definition) is 2. The number of piperidine rings is 1. The van der Waals surface area contributed by atoms with E-state index in [1.165, 1.54) is 6.42 Å². The number of carbonyl (C=O) groups excluding carboxylic acids is 1. The van der Waals surface area contributed by atoms with E-state index in [1.807, 2.05) is 43.1 Å². The lowest BCUT2D eigenvalue weighted by Crippen LogP contribution is -2.46. The number of hydrogen-bond acceptors (Lipinski definition) is 2. The Morgan fingerprint density at radius 3 is 3.00 bits per heavy atom. The topological polar surface area (TPSA) is 44.4 Å². The van der Waals surface area contributed by atoms with Crippen molar-refractivity contribution in [2.24, 2.45) is 0 Å². The summed E-state index contributed by atoms with van der Waals surface area (Å²) >= 11 is 0. The molecular weight excluding hydrogens is 250 g/mol. The molecule has 2 N–H and O–H groups in total. The van der Waals surface area contributed by atoms with E-state index in [4.69, 9.17) is 0 Å². The standard InChI is InChI=1S/C16H25N3O/c1-13-6-5-7-14(12-13)18-16(20)19-11-4-3-8-15(19)9-10-17-2/h5-7,12,15,17H,3-4,8-11H2,1-2H3,(H,18,20). The second-order valence-corrected chi connectivity index (χ2v) is 5.53. The van der Waals surface area contributed by atoms with Crippen molar-refractivity contribution in [3.05, 3.63) is 29.8 Å². The zero-order valence-corrected chi connectivity index (χ0v) is 12.5. The first kappa shape index (κ1) is 14.9. The molecule has 1 aliphatic rings. The van der Waals surface area contributed by atoms with Crippen molar-refractivity contribution in [2.45, 2.75) is 38.6 Å². The summed E-state index contributed by atoms with van der Waals surface area (Å²) in [6.45, 7) is 3.86. The number of aryl methyl sites for hydroxylation is 1. The predicted molar refractivity (Wildman–Crippen MR) is 83.1 cm³/mol. The fraction of sp³-hybridized carbons (Fsp3) is 0.562. The van der Waals surface area contributed by atoms with Gasteiger partial charge in [-0.2, -0.15) is 0 Å². The van der Waals surface area contributed by atoms with Crippen molar-refractivity contribution in [3.8, 4) is 0 Å². The summed E-state index contributed by atoms with van der Waals surface area (Å²) in [6.07, 6.45) is 4.47. The molecule has 1 saturated heterocycles. The SMILES string of the molecule is CNCCC1CCCCN1C(=O)Nc1cccc(C)c1. The summed E-state index contributed by atoms with van der Waals surface area (Å²) < 4.78 is 0. The zero-order chi connectivity index (χ0) is 14.4. The van der Waals surface area contributed by atoms with Crippen LogP contribution in [0, 0.1) is 6.92 Å². The van der Waals surface area contributed by atoms with Crippen molar-refractivity contribution in [1.29, 1.82) is 0 Å². The molecule has 1 aromatic rings. The summed E-state index contributed by atoms with van der Waals surface area (Å²) in [6, 6.07) is 8.35. The Morgan fingerprint density at radius 2 is 2.25 bits per heavy atom. The first-order chi connectivity index (χ1) is 9.70. The molecule has 1 fully saturated rings. The van der Waals surface area contributed by atoms with Gasteiger partial charge in [0.25, 0.3) is 0 Å². The molecule has 1 heterocycles. The van der Waals surface area contributed by atoms with Crippen molar-refractivity contribution in [2.75, 3.05) is 25.5 Å². The summed E-state index contributed by atoms with van der Waals surface area (Å²) in [4.78, 5) is 14.4. The lowest BCUT2D eigenvalue weighted by atomic mass is 10.00. The van der Waals surface area contributed by atoms with Crippen LogP contribution in [0.4, 0.5) is 10.5 Å². The van der Waals surface area contributed by atoms with Crippen LogP contribution in [-0.4, -0.2) is 37.1 Å². The number of urea groups is 1. The molecule has 0 bridgehead atoms. The highest BCUT2D eigenvalue weighted by Crippen LogP contribution is 2.21. The minimum Gasteiger partial charge on any atom is -0.322 e. The maximum absolute atomic E-state index is 12.4. The van der Waals surface area contributed by atoms with Gasteiger partial charge in [-0.05, 0) is 63.9 Å². The number of likely N-dealkylation sites (tertiary alicyclic amines) is 1. The Kier molecular flexibility index (Phi) is 5.41. The molecule has 1 atom stereocenters. The quantitative estimate of drug-likeness (QED) is 0.887. The summed E-state index contributed by atoms with van der Waals surface area (Å²) in [5.41, 5.74) is 2.04. The van der Waals surface area contributed by atoms with Gasteiger partial charge in [0.1, 0.15) is 0 Å². The van der Waals surface area contributed by atoms with Gasteiger partial charge in [0.2, 0.25) is 0 Å². The Balaban J connectivity index is 1.98. The van der Waals surface area contributed by atoms with Crippen molar-refractivity contribution in [3.63, 3.8) is 0 Å². The third kappa shape index (κ3) is 3.97. The van der Waals surface area contributed by atoms with Crippen LogP contribution in [0.5, 0.6) is 0 Å². The largest absolute Gasteiger partial charge is 0.322 e. The van der Waals surface area contributed by atoms with Gasteiger partial charge in [-0.25, -0.2) is 4.79 Å². The summed E-state index contributed by atoms with van der Waals surface area (Å²) in [7, 11) is 1.96. The van der Waals surface area contributed by atoms with Crippen LogP contribution in [0.15, 0.2) is 24.3 Å². The van der Waals surface area contributed by atoms with Gasteiger partial charge in [-0.3, -0.25) is 0 Å². The van der Waals surface area contributed by atoms with Crippen LogP contribution in [0.3, 0.4) is 0 Å². The lowest BCUT2D eigenvalue weighted by molar-refractivity contribution is 0.158. The highest BCUT2D eigenvalue weighted by Gasteiger charge is 2.26. The van der Waals surface area contributed by atoms with E-state index in [0.717, 1.165) is 43.6 Å². The molecule has 20 heavy (non-hydrogen) atoms. The Labute approximate surface area is 121 Å². The molecule has 0 aromatic heterocycles. The second-order valence-electron chi connectivity index (χ2n) is 5.53. The average Bonchev–Trinajstić information content (AvgIpc) is 2.45. The van der Waals surface area contributed by atoms with Gasteiger partial charge in [0.05, 0.1) is 0 Å². The smallest absolute Gasteiger partial charge is 0.322 e. The highest BCUT2D eigenvalue weighted by molar-refractivity contribution is 5.89. The number of benzene rings is 1. The van der Waals surface area contributed by atoms with E-state index in [0.29, 0.717) is 6.04 Å². The molecule has 1 aromatic carbocycles. The Bertz CT molecular complexity index is 447. The molecule has 1 unspecified atom stereocenters. The highest BCUT2D eigenvalue weighted by atomic mass is 16.2. The minimum absolute atomic E-state index is 0.0383. The van der Waals surface area contributed by atoms with Crippen molar-refractivity contribution >= 4 is 11.7 Å². The number of anilines is 1. The van der Waals surface area contributed by atoms with Crippen LogP contribution in [0.25, 0.3) is 0 Å². The van der Waals surface area contributed by atoms with Crippen LogP contribution in [-0.2, 0) is 0 Å². The average molecular weight is 275 g/mol. The van der Waals surface area contributed by atoms with Gasteiger partial charge in [0.15, 0.2) is 0 Å². The molecule has 4 heteroatoms. The van der Waals surface area contributed by atoms with Gasteiger partial charge >= 0.3 is 6.03 Å². The molecular formula is C16H25N3O. The van der Waals surface area contributed by atoms with E-state index < -0.39 is 0 Å². The lowest BCUT2D eigenvalue weighted by Gasteiger charge is -2.35. The summed E-state index contributed by atoms with van der Waals surface area (Å²) in [5.74, 6) is 0. The second kappa shape index (κ2) is 7.29. The van der Waals surface area contributed by atoms with Crippen LogP contribution in [0.2, 0.25) is 0 Å². The molecule has 2 rings (SSSR count). The minimum atomic E-state index is 0.0383. The molecule has 0 radical (unpaired) electrons. The van der Waals surface area contributed by atoms with E-state index in [2.05, 4.69) is 10.6 Å². The third-order valence-electron chi connectivity index (χ3n) is 3.88. The first-order valence-electron chi connectivity index (χ1n) is 7.49. The van der Waals surface area contributed by atoms with Gasteiger partial charge in [0, 0.05) is 18.3 Å². The van der Waals surface area contributed by atoms with Crippen LogP contribution >= 0.6 is 0 Å². The molecule has 1 aliphatic heterocycles. The Morgan fingerprint density at radius 1 is 1.40 bits per heavy atom. The fourth-order valence-corrected chi connectivity index (χ4v) is 2.80. The Hall–Kier alpha value is -1.55. The molecule has 0 spiro atoms. The zero-order valence-electron chi connectivity index (χ0n) is 12.5. The number of nitrogens with one attached hydrogen (secondary N) is 2. The van der Waals surface area contributed by atoms with Crippen molar-refractivity contribution in [1.82, 2.24) is 10.2 Å². The van der Waals surface area contributed by atoms with Crippen LogP contribution in [0.1, 0.15) is 31.2 Å². The maximum atomic E-state index is 12.4. The van der Waals surface area contributed by atoms with Crippen molar-refractivity contribution < 1.29 is 4.79 Å². The van der Waals surface area contributed by atoms with E-state index in [1.54, 1.807) is 0 Å². The van der Waals surface area contributed by atoms with E-state index in [9.17, 15) is 4.79 Å². The number of carbonyl (C=O) groups is 1. The van der Waals surface area contributed by atoms with Gasteiger partial charge < -0.3 is 15.5 Å². The maximum Gasteiger partial charge on any atom is 0.322 e. The molecule has 2 amide bonds. The molecule has 0 aliphatic carbocycles. The number of nitrogens with zero attached hydrogens (tertiary/aromatic N) is 1. The number of rotatable bonds is 4. The predicted octanol–water partition coefficient (Wildman–Crippen LogP) is 2.99. The van der Waals surface area contributed by atoms with E-state index in [-0.39, 0.29) is 6.03 Å². The molecule has 110 valence electrons. The summed E-state index contributed by atoms with van der Waals surface area (Å²) in [5, 5.41) is 6.20. The number of amides is 2. The van der Waals surface area contributed by atoms with Gasteiger partial charge in [-0.1, -0.05) is 12.1 Å². The normalized spacial score (nSPS) is 18.9. The first-order valence-corrected chi connectivity index (χ1v) is 7.49. The monoisotopic (exact) mass is 275 g/mol. The van der Waals surface area contributed by atoms with Gasteiger partial charge in [-0.15, -0.1) is 0 Å². The molecule has 4 nitrogen and oxygen atoms in total.